The Morgan fingerprint density at radius 1 is 1.04 bits per heavy atom. The normalized spacial score (nSPS) is 10.8. The Hall–Kier alpha value is -3.54. The van der Waals surface area contributed by atoms with Crippen LogP contribution in [0.5, 0.6) is 0 Å². The number of halogens is 1. The molecule has 0 saturated heterocycles. The van der Waals surface area contributed by atoms with Crippen molar-refractivity contribution in [3.63, 3.8) is 0 Å². The first-order chi connectivity index (χ1) is 12.6. The lowest BCUT2D eigenvalue weighted by Gasteiger charge is -2.06. The molecule has 1 heterocycles. The highest BCUT2D eigenvalue weighted by atomic mass is 19.1. The molecular formula is C20H15FN2O3. The van der Waals surface area contributed by atoms with Crippen LogP contribution in [-0.4, -0.2) is 22.4 Å². The molecule has 0 amide bonds. The van der Waals surface area contributed by atoms with Crippen LogP contribution >= 0.6 is 0 Å². The Kier molecular flexibility index (Phi) is 5.34. The fourth-order valence-corrected chi connectivity index (χ4v) is 2.23. The summed E-state index contributed by atoms with van der Waals surface area (Å²) in [4.78, 5) is 24.1. The number of nitrogens with zero attached hydrogens (tertiary/aromatic N) is 2. The van der Waals surface area contributed by atoms with E-state index >= 15 is 0 Å². The summed E-state index contributed by atoms with van der Waals surface area (Å²) in [5.74, 6) is -1.08. The molecule has 0 bridgehead atoms. The van der Waals surface area contributed by atoms with Gasteiger partial charge >= 0.3 is 5.97 Å². The van der Waals surface area contributed by atoms with Gasteiger partial charge < -0.3 is 4.74 Å². The van der Waals surface area contributed by atoms with Gasteiger partial charge in [0.2, 0.25) is 0 Å². The van der Waals surface area contributed by atoms with E-state index in [2.05, 4.69) is 5.10 Å². The zero-order valence-corrected chi connectivity index (χ0v) is 13.7. The molecule has 130 valence electrons. The third-order valence-corrected chi connectivity index (χ3v) is 3.50. The van der Waals surface area contributed by atoms with Gasteiger partial charge in [0.15, 0.2) is 5.69 Å². The van der Waals surface area contributed by atoms with Crippen LogP contribution in [0.1, 0.15) is 16.1 Å². The first-order valence-corrected chi connectivity index (χ1v) is 7.88. The summed E-state index contributed by atoms with van der Waals surface area (Å²) in [6, 6.07) is 17.3. The van der Waals surface area contributed by atoms with Crippen molar-refractivity contribution in [2.45, 2.75) is 0 Å². The van der Waals surface area contributed by atoms with Crippen molar-refractivity contribution in [3.05, 3.63) is 100 Å². The van der Waals surface area contributed by atoms with Gasteiger partial charge in [0, 0.05) is 6.07 Å². The number of aromatic nitrogens is 2. The SMILES string of the molecule is O=C(OCC=Cc1ccccc1)c1ccc(=O)n(-c2ccc(F)cc2)n1. The van der Waals surface area contributed by atoms with Crippen LogP contribution in [0.3, 0.4) is 0 Å². The van der Waals surface area contributed by atoms with E-state index in [4.69, 9.17) is 4.74 Å². The predicted octanol–water partition coefficient (Wildman–Crippen LogP) is 3.24. The lowest BCUT2D eigenvalue weighted by Crippen LogP contribution is -2.23. The van der Waals surface area contributed by atoms with Gasteiger partial charge in [0.05, 0.1) is 5.69 Å². The Balaban J connectivity index is 1.70. The predicted molar refractivity (Wildman–Crippen MR) is 95.6 cm³/mol. The second-order valence-electron chi connectivity index (χ2n) is 5.36. The standard InChI is InChI=1S/C20H15FN2O3/c21-16-8-10-17(11-9-16)23-19(24)13-12-18(22-23)20(25)26-14-4-7-15-5-2-1-3-6-15/h1-13H,14H2. The Labute approximate surface area is 149 Å². The minimum atomic E-state index is -0.654. The molecule has 6 heteroatoms. The second-order valence-corrected chi connectivity index (χ2v) is 5.36. The van der Waals surface area contributed by atoms with E-state index in [0.717, 1.165) is 10.2 Å². The van der Waals surface area contributed by atoms with Gasteiger partial charge in [-0.25, -0.2) is 9.18 Å². The average molecular weight is 350 g/mol. The van der Waals surface area contributed by atoms with Gasteiger partial charge in [-0.1, -0.05) is 36.4 Å². The minimum Gasteiger partial charge on any atom is -0.457 e. The summed E-state index contributed by atoms with van der Waals surface area (Å²) < 4.78 is 19.2. The summed E-state index contributed by atoms with van der Waals surface area (Å²) in [6.45, 7) is 0.0745. The number of hydrogen-bond donors (Lipinski definition) is 0. The van der Waals surface area contributed by atoms with E-state index in [0.29, 0.717) is 5.69 Å². The molecule has 0 radical (unpaired) electrons. The second kappa shape index (κ2) is 8.02. The van der Waals surface area contributed by atoms with Crippen molar-refractivity contribution >= 4 is 12.0 Å². The third-order valence-electron chi connectivity index (χ3n) is 3.50. The number of esters is 1. The highest BCUT2D eigenvalue weighted by Crippen LogP contribution is 2.06. The molecule has 0 aliphatic rings. The van der Waals surface area contributed by atoms with Crippen molar-refractivity contribution in [3.8, 4) is 5.69 Å². The molecule has 26 heavy (non-hydrogen) atoms. The number of rotatable bonds is 5. The molecule has 2 aromatic carbocycles. The maximum Gasteiger partial charge on any atom is 0.359 e. The van der Waals surface area contributed by atoms with Gasteiger partial charge in [-0.15, -0.1) is 0 Å². The number of benzene rings is 2. The fraction of sp³-hybridized carbons (Fsp3) is 0.0500. The number of hydrogen-bond acceptors (Lipinski definition) is 4. The lowest BCUT2D eigenvalue weighted by molar-refractivity contribution is 0.0541. The number of ether oxygens (including phenoxy) is 1. The van der Waals surface area contributed by atoms with Crippen LogP contribution in [0.4, 0.5) is 4.39 Å². The molecule has 3 rings (SSSR count). The van der Waals surface area contributed by atoms with E-state index in [9.17, 15) is 14.0 Å². The lowest BCUT2D eigenvalue weighted by atomic mass is 10.2. The molecule has 5 nitrogen and oxygen atoms in total. The highest BCUT2D eigenvalue weighted by Gasteiger charge is 2.11. The summed E-state index contributed by atoms with van der Waals surface area (Å²) in [5.41, 5.74) is 0.903. The quantitative estimate of drug-likeness (QED) is 0.663. The van der Waals surface area contributed by atoms with Gasteiger partial charge in [-0.2, -0.15) is 9.78 Å². The fourth-order valence-electron chi connectivity index (χ4n) is 2.23. The molecular weight excluding hydrogens is 335 g/mol. The first-order valence-electron chi connectivity index (χ1n) is 7.88. The Bertz CT molecular complexity index is 980. The summed E-state index contributed by atoms with van der Waals surface area (Å²) in [6.07, 6.45) is 3.55. The largest absolute Gasteiger partial charge is 0.457 e. The highest BCUT2D eigenvalue weighted by molar-refractivity contribution is 5.87. The molecule has 0 N–H and O–H groups in total. The van der Waals surface area contributed by atoms with Crippen molar-refractivity contribution < 1.29 is 13.9 Å². The molecule has 0 aliphatic heterocycles. The smallest absolute Gasteiger partial charge is 0.359 e. The maximum atomic E-state index is 13.0. The summed E-state index contributed by atoms with van der Waals surface area (Å²) in [5, 5.41) is 3.99. The average Bonchev–Trinajstić information content (AvgIpc) is 2.67. The third kappa shape index (κ3) is 4.30. The van der Waals surface area contributed by atoms with Crippen molar-refractivity contribution in [1.82, 2.24) is 9.78 Å². The molecule has 0 atom stereocenters. The minimum absolute atomic E-state index is 0.0120. The van der Waals surface area contributed by atoms with E-state index < -0.39 is 17.3 Å². The number of carbonyl (C=O) groups excluding carboxylic acids is 1. The van der Waals surface area contributed by atoms with Crippen LogP contribution in [0.2, 0.25) is 0 Å². The van der Waals surface area contributed by atoms with Crippen LogP contribution < -0.4 is 5.56 Å². The van der Waals surface area contributed by atoms with Gasteiger partial charge in [-0.05, 0) is 42.0 Å². The zero-order valence-electron chi connectivity index (χ0n) is 13.7. The zero-order chi connectivity index (χ0) is 18.4. The van der Waals surface area contributed by atoms with Crippen LogP contribution in [0.15, 0.2) is 77.6 Å². The molecule has 0 saturated carbocycles. The molecule has 0 spiro atoms. The maximum absolute atomic E-state index is 13.0. The monoisotopic (exact) mass is 350 g/mol. The van der Waals surface area contributed by atoms with Crippen LogP contribution in [-0.2, 0) is 4.74 Å². The van der Waals surface area contributed by atoms with Crippen LogP contribution in [0, 0.1) is 5.82 Å². The van der Waals surface area contributed by atoms with Crippen molar-refractivity contribution in [1.29, 1.82) is 0 Å². The molecule has 0 unspecified atom stereocenters. The number of carbonyl (C=O) groups is 1. The summed E-state index contributed by atoms with van der Waals surface area (Å²) in [7, 11) is 0. The van der Waals surface area contributed by atoms with Crippen molar-refractivity contribution in [2.24, 2.45) is 0 Å². The van der Waals surface area contributed by atoms with E-state index in [1.54, 1.807) is 6.08 Å². The Morgan fingerprint density at radius 3 is 2.50 bits per heavy atom. The summed E-state index contributed by atoms with van der Waals surface area (Å²) >= 11 is 0. The topological polar surface area (TPSA) is 61.2 Å². The van der Waals surface area contributed by atoms with Gasteiger partial charge in [0.25, 0.3) is 5.56 Å². The molecule has 0 fully saturated rings. The first kappa shape index (κ1) is 17.3. The van der Waals surface area contributed by atoms with E-state index in [1.807, 2.05) is 36.4 Å². The van der Waals surface area contributed by atoms with Gasteiger partial charge in [-0.3, -0.25) is 4.79 Å². The van der Waals surface area contributed by atoms with Gasteiger partial charge in [0.1, 0.15) is 12.4 Å². The molecule has 3 aromatic rings. The van der Waals surface area contributed by atoms with E-state index in [1.165, 1.54) is 36.4 Å². The van der Waals surface area contributed by atoms with Crippen molar-refractivity contribution in [2.75, 3.05) is 6.61 Å². The molecule has 1 aromatic heterocycles. The molecule has 0 aliphatic carbocycles. The van der Waals surface area contributed by atoms with E-state index in [-0.39, 0.29) is 12.3 Å². The Morgan fingerprint density at radius 2 is 1.77 bits per heavy atom. The van der Waals surface area contributed by atoms with Crippen LogP contribution in [0.25, 0.3) is 11.8 Å².